The van der Waals surface area contributed by atoms with Gasteiger partial charge in [0, 0.05) is 138 Å². The molecular formula is C49H56BrFN15O4P. The highest BCUT2D eigenvalue weighted by Crippen LogP contribution is 2.48. The molecule has 0 atom stereocenters. The number of aromatic nitrogens is 8. The molecule has 0 bridgehead atoms. The second-order valence-electron chi connectivity index (χ2n) is 18.3. The molecule has 0 aliphatic carbocycles. The van der Waals surface area contributed by atoms with E-state index in [2.05, 4.69) is 83.9 Å². The molecule has 7 heterocycles. The van der Waals surface area contributed by atoms with Gasteiger partial charge >= 0.3 is 6.03 Å². The number of imide groups is 1. The number of nitrogens with zero attached hydrogens (tertiary/aromatic N) is 12. The Morgan fingerprint density at radius 2 is 1.65 bits per heavy atom. The van der Waals surface area contributed by atoms with E-state index in [-0.39, 0.29) is 24.7 Å². The van der Waals surface area contributed by atoms with Crippen molar-refractivity contribution in [1.82, 2.24) is 49.7 Å². The number of carbonyl (C=O) groups excluding carboxylic acids is 2. The lowest BCUT2D eigenvalue weighted by molar-refractivity contribution is -0.120. The van der Waals surface area contributed by atoms with Crippen LogP contribution in [-0.2, 0) is 23.5 Å². The van der Waals surface area contributed by atoms with Gasteiger partial charge in [0.2, 0.25) is 11.9 Å². The average Bonchev–Trinajstić information content (AvgIpc) is 3.96. The summed E-state index contributed by atoms with van der Waals surface area (Å²) in [5, 5.41) is 19.5. The summed E-state index contributed by atoms with van der Waals surface area (Å²) in [6, 6.07) is 10.6. The van der Waals surface area contributed by atoms with E-state index < -0.39 is 13.2 Å². The molecule has 0 radical (unpaired) electrons. The zero-order valence-corrected chi connectivity index (χ0v) is 42.8. The Balaban J connectivity index is 0.820. The number of hydrogen-bond acceptors (Lipinski definition) is 15. The summed E-state index contributed by atoms with van der Waals surface area (Å²) in [7, 11) is 2.51. The van der Waals surface area contributed by atoms with Crippen molar-refractivity contribution in [1.29, 1.82) is 0 Å². The van der Waals surface area contributed by atoms with E-state index in [9.17, 15) is 14.2 Å². The molecule has 7 aromatic rings. The molecule has 19 nitrogen and oxygen atoms in total. The normalized spacial score (nSPS) is 16.3. The van der Waals surface area contributed by atoms with Crippen LogP contribution in [0.1, 0.15) is 33.1 Å². The number of nitrogens with one attached hydrogen (secondary N) is 3. The minimum absolute atomic E-state index is 0.160. The van der Waals surface area contributed by atoms with E-state index in [0.29, 0.717) is 103 Å². The fraction of sp³-hybridized carbons (Fsp3) is 0.388. The standard InChI is InChI=1S/C49H56BrFN15O4P/c1-6-71(69,7-2)45-37(9-8-36-44(45)53-14-13-52-36)56-46-34(50)27-54-48(59-46)57-38-23-32(31-26-55-61(3)29-31)40(25-42(38)70-5)64-15-10-30(11-16-64)28-63-18-20-65(21-19-63)41-24-39-33(22-35(41)51)47(60-62(39)4)66-17-12-43(67)58-49(66)68/h8-9,13-14,22-27,29-30H,6-7,10-12,15-21,28H2,1-5H3,(H,58,67,68)(H2,54,56,57,59). The Morgan fingerprint density at radius 1 is 0.887 bits per heavy atom. The number of piperazine rings is 1. The van der Waals surface area contributed by atoms with Crippen molar-refractivity contribution in [3.8, 4) is 16.9 Å². The van der Waals surface area contributed by atoms with Gasteiger partial charge in [0.1, 0.15) is 30.0 Å². The molecule has 3 aliphatic heterocycles. The molecule has 3 saturated heterocycles. The van der Waals surface area contributed by atoms with Crippen LogP contribution >= 0.6 is 23.1 Å². The van der Waals surface area contributed by atoms with Crippen molar-refractivity contribution in [2.75, 3.05) is 97.1 Å². The number of carbonyl (C=O) groups is 2. The van der Waals surface area contributed by atoms with Crippen LogP contribution in [0.5, 0.6) is 5.75 Å². The first-order valence-electron chi connectivity index (χ1n) is 23.9. The molecule has 3 N–H and O–H groups in total. The van der Waals surface area contributed by atoms with Gasteiger partial charge in [0.25, 0.3) is 0 Å². The molecule has 3 fully saturated rings. The summed E-state index contributed by atoms with van der Waals surface area (Å²) in [6.45, 7) is 9.75. The maximum Gasteiger partial charge on any atom is 0.329 e. The van der Waals surface area contributed by atoms with Gasteiger partial charge in [0.05, 0.1) is 51.2 Å². The smallest absolute Gasteiger partial charge is 0.329 e. The van der Waals surface area contributed by atoms with Gasteiger partial charge in [-0.15, -0.1) is 0 Å². The Kier molecular flexibility index (Phi) is 13.4. The fourth-order valence-corrected chi connectivity index (χ4v) is 12.6. The first-order chi connectivity index (χ1) is 34.3. The number of halogens is 2. The molecule has 0 unspecified atom stereocenters. The zero-order chi connectivity index (χ0) is 49.6. The molecule has 3 aliphatic rings. The van der Waals surface area contributed by atoms with Crippen LogP contribution < -0.4 is 40.7 Å². The Hall–Kier alpha value is -6.70. The number of methoxy groups -OCH3 is 1. The van der Waals surface area contributed by atoms with Crippen LogP contribution in [-0.4, -0.2) is 128 Å². The SMILES string of the molecule is CCP(=O)(CC)c1c(Nc2nc(Nc3cc(-c4cnn(C)c4)c(N4CCC(CN5CCN(c6cc7c(cc6F)c(N6CCC(=O)NC6=O)nn7C)CC5)CC4)cc3OC)ncc2Br)ccc2nccnc12. The molecule has 370 valence electrons. The van der Waals surface area contributed by atoms with Gasteiger partial charge in [-0.2, -0.15) is 15.2 Å². The van der Waals surface area contributed by atoms with E-state index in [1.807, 2.05) is 51.5 Å². The van der Waals surface area contributed by atoms with Crippen LogP contribution in [0, 0.1) is 11.7 Å². The second-order valence-corrected chi connectivity index (χ2v) is 22.6. The van der Waals surface area contributed by atoms with Gasteiger partial charge in [-0.25, -0.2) is 14.2 Å². The summed E-state index contributed by atoms with van der Waals surface area (Å²) >= 11 is 3.64. The minimum Gasteiger partial charge on any atom is -0.494 e. The zero-order valence-electron chi connectivity index (χ0n) is 40.3. The van der Waals surface area contributed by atoms with Crippen molar-refractivity contribution < 1.29 is 23.3 Å². The molecule has 22 heteroatoms. The van der Waals surface area contributed by atoms with Gasteiger partial charge in [-0.05, 0) is 65.0 Å². The summed E-state index contributed by atoms with van der Waals surface area (Å²) in [5.74, 6) is 1.58. The highest BCUT2D eigenvalue weighted by Gasteiger charge is 2.32. The Labute approximate surface area is 418 Å². The lowest BCUT2D eigenvalue weighted by Gasteiger charge is -2.40. The molecule has 3 aromatic carbocycles. The first-order valence-corrected chi connectivity index (χ1v) is 26.8. The lowest BCUT2D eigenvalue weighted by atomic mass is 9.94. The third-order valence-electron chi connectivity index (χ3n) is 14.0. The summed E-state index contributed by atoms with van der Waals surface area (Å²) in [4.78, 5) is 51.4. The third kappa shape index (κ3) is 9.49. The number of fused-ring (bicyclic) bond motifs is 2. The van der Waals surface area contributed by atoms with E-state index in [0.717, 1.165) is 62.4 Å². The predicted molar refractivity (Wildman–Crippen MR) is 279 cm³/mol. The highest BCUT2D eigenvalue weighted by molar-refractivity contribution is 9.10. The fourth-order valence-electron chi connectivity index (χ4n) is 10.1. The molecule has 0 spiro atoms. The molecule has 10 rings (SSSR count). The maximum atomic E-state index is 15.9. The third-order valence-corrected chi connectivity index (χ3v) is 17.9. The molecule has 3 amide bonds. The van der Waals surface area contributed by atoms with Crippen molar-refractivity contribution in [2.45, 2.75) is 33.1 Å². The topological polar surface area (TPSA) is 197 Å². The minimum atomic E-state index is -2.83. The summed E-state index contributed by atoms with van der Waals surface area (Å²) < 4.78 is 40.3. The molecular weight excluding hydrogens is 993 g/mol. The number of anilines is 7. The Morgan fingerprint density at radius 3 is 2.37 bits per heavy atom. The highest BCUT2D eigenvalue weighted by atomic mass is 79.9. The largest absolute Gasteiger partial charge is 0.494 e. The van der Waals surface area contributed by atoms with Gasteiger partial charge in [0.15, 0.2) is 5.82 Å². The maximum absolute atomic E-state index is 15.9. The van der Waals surface area contributed by atoms with Crippen LogP contribution in [0.2, 0.25) is 0 Å². The Bertz CT molecular complexity index is 3220. The van der Waals surface area contributed by atoms with E-state index in [1.54, 1.807) is 42.1 Å². The van der Waals surface area contributed by atoms with Crippen molar-refractivity contribution in [3.63, 3.8) is 0 Å². The van der Waals surface area contributed by atoms with Crippen molar-refractivity contribution >= 4 is 103 Å². The number of amides is 3. The summed E-state index contributed by atoms with van der Waals surface area (Å²) in [6.07, 6.45) is 11.9. The van der Waals surface area contributed by atoms with E-state index >= 15 is 4.39 Å². The second kappa shape index (κ2) is 19.8. The van der Waals surface area contributed by atoms with Crippen LogP contribution in [0.25, 0.3) is 33.1 Å². The number of piperidine rings is 1. The average molecular weight is 1050 g/mol. The number of urea groups is 1. The first kappa shape index (κ1) is 48.0. The van der Waals surface area contributed by atoms with Gasteiger partial charge in [-0.1, -0.05) is 13.8 Å². The molecule has 4 aromatic heterocycles. The predicted octanol–water partition coefficient (Wildman–Crippen LogP) is 7.62. The number of benzene rings is 3. The van der Waals surface area contributed by atoms with E-state index in [1.165, 1.54) is 11.0 Å². The number of rotatable bonds is 14. The van der Waals surface area contributed by atoms with Crippen LogP contribution in [0.4, 0.5) is 49.5 Å². The van der Waals surface area contributed by atoms with Crippen molar-refractivity contribution in [2.24, 2.45) is 20.0 Å². The number of aryl methyl sites for hydroxylation is 2. The van der Waals surface area contributed by atoms with Crippen LogP contribution in [0.15, 0.2) is 71.9 Å². The van der Waals surface area contributed by atoms with Crippen molar-refractivity contribution in [3.05, 3.63) is 77.7 Å². The number of hydrogen-bond donors (Lipinski definition) is 3. The molecule has 71 heavy (non-hydrogen) atoms. The summed E-state index contributed by atoms with van der Waals surface area (Å²) in [5.41, 5.74) is 6.85. The van der Waals surface area contributed by atoms with Gasteiger partial charge in [-0.3, -0.25) is 39.2 Å². The molecule has 0 saturated carbocycles. The quantitative estimate of drug-likeness (QED) is 0.0900. The monoisotopic (exact) mass is 1050 g/mol. The van der Waals surface area contributed by atoms with Gasteiger partial charge < -0.3 is 29.7 Å². The van der Waals surface area contributed by atoms with E-state index in [4.69, 9.17) is 9.72 Å². The van der Waals surface area contributed by atoms with Crippen LogP contribution in [0.3, 0.4) is 0 Å². The lowest BCUT2D eigenvalue weighted by Crippen LogP contribution is -2.49. The number of ether oxygens (including phenoxy) is 1.